The zero-order chi connectivity index (χ0) is 15.5. The maximum absolute atomic E-state index is 5.91. The summed E-state index contributed by atoms with van der Waals surface area (Å²) in [5.74, 6) is 0.801. The third-order valence-corrected chi connectivity index (χ3v) is 3.70. The lowest BCUT2D eigenvalue weighted by Gasteiger charge is -2.32. The zero-order valence-corrected chi connectivity index (χ0v) is 13.0. The highest BCUT2D eigenvalue weighted by Gasteiger charge is 2.23. The molecule has 0 spiro atoms. The summed E-state index contributed by atoms with van der Waals surface area (Å²) in [4.78, 5) is 15.5. The minimum Gasteiger partial charge on any atom is -0.399 e. The number of nitrogens with zero attached hydrogens (tertiary/aromatic N) is 4. The Balaban J connectivity index is 1.71. The Bertz CT molecular complexity index is 640. The van der Waals surface area contributed by atoms with Crippen LogP contribution in [0.25, 0.3) is 0 Å². The van der Waals surface area contributed by atoms with E-state index >= 15 is 0 Å². The van der Waals surface area contributed by atoms with Gasteiger partial charge in [-0.1, -0.05) is 0 Å². The Morgan fingerprint density at radius 1 is 1.32 bits per heavy atom. The van der Waals surface area contributed by atoms with E-state index in [4.69, 9.17) is 10.5 Å². The summed E-state index contributed by atoms with van der Waals surface area (Å²) in [5.41, 5.74) is 9.50. The molecule has 0 aromatic carbocycles. The normalized spacial score (nSPS) is 19.3. The molecule has 2 aromatic heterocycles. The standard InChI is InChI=1S/C16H21N5O/c1-11-7-13(17)8-15(19-11)16-10-21(5-6-22-16)9-14-3-4-18-12(2)20-14/h3-4,7-8,16H,5-6,9-10H2,1-2H3,(H2,17,19)/t16-/m1/s1. The number of morpholine rings is 1. The minimum absolute atomic E-state index is 0.0427. The summed E-state index contributed by atoms with van der Waals surface area (Å²) in [6, 6.07) is 5.73. The van der Waals surface area contributed by atoms with Gasteiger partial charge in [0.25, 0.3) is 0 Å². The number of anilines is 1. The third-order valence-electron chi connectivity index (χ3n) is 3.70. The molecular weight excluding hydrogens is 278 g/mol. The van der Waals surface area contributed by atoms with Crippen molar-refractivity contribution in [2.45, 2.75) is 26.5 Å². The SMILES string of the molecule is Cc1cc(N)cc([C@H]2CN(Cc3ccnc(C)n3)CCO2)n1. The van der Waals surface area contributed by atoms with Gasteiger partial charge >= 0.3 is 0 Å². The van der Waals surface area contributed by atoms with Gasteiger partial charge in [0, 0.05) is 37.2 Å². The number of hydrogen-bond donors (Lipinski definition) is 1. The summed E-state index contributed by atoms with van der Waals surface area (Å²) in [5, 5.41) is 0. The van der Waals surface area contributed by atoms with E-state index in [0.29, 0.717) is 6.61 Å². The largest absolute Gasteiger partial charge is 0.399 e. The molecule has 0 saturated carbocycles. The van der Waals surface area contributed by atoms with Gasteiger partial charge in [-0.15, -0.1) is 0 Å². The first-order valence-corrected chi connectivity index (χ1v) is 7.47. The quantitative estimate of drug-likeness (QED) is 0.928. The van der Waals surface area contributed by atoms with Crippen molar-refractivity contribution in [2.75, 3.05) is 25.4 Å². The molecule has 1 aliphatic heterocycles. The van der Waals surface area contributed by atoms with Crippen molar-refractivity contribution in [1.29, 1.82) is 0 Å². The van der Waals surface area contributed by atoms with Crippen LogP contribution in [-0.4, -0.2) is 39.5 Å². The molecule has 0 amide bonds. The van der Waals surface area contributed by atoms with Crippen LogP contribution in [0, 0.1) is 13.8 Å². The summed E-state index contributed by atoms with van der Waals surface area (Å²) in [6.45, 7) is 7.02. The van der Waals surface area contributed by atoms with Crippen molar-refractivity contribution in [1.82, 2.24) is 19.9 Å². The molecule has 2 aromatic rings. The fraction of sp³-hybridized carbons (Fsp3) is 0.438. The van der Waals surface area contributed by atoms with E-state index in [1.165, 1.54) is 0 Å². The van der Waals surface area contributed by atoms with Gasteiger partial charge in [0.2, 0.25) is 0 Å². The molecule has 116 valence electrons. The van der Waals surface area contributed by atoms with Crippen LogP contribution in [0.3, 0.4) is 0 Å². The predicted molar refractivity (Wildman–Crippen MR) is 84.1 cm³/mol. The first kappa shape index (κ1) is 14.9. The highest BCUT2D eigenvalue weighted by atomic mass is 16.5. The highest BCUT2D eigenvalue weighted by Crippen LogP contribution is 2.23. The number of aromatic nitrogens is 3. The first-order valence-electron chi connectivity index (χ1n) is 7.47. The number of pyridine rings is 1. The van der Waals surface area contributed by atoms with Gasteiger partial charge in [-0.2, -0.15) is 0 Å². The Morgan fingerprint density at radius 2 is 2.18 bits per heavy atom. The number of nitrogens with two attached hydrogens (primary N) is 1. The van der Waals surface area contributed by atoms with E-state index in [2.05, 4.69) is 19.9 Å². The Kier molecular flexibility index (Phi) is 4.31. The second kappa shape index (κ2) is 6.37. The second-order valence-electron chi connectivity index (χ2n) is 5.66. The molecule has 3 heterocycles. The molecule has 1 fully saturated rings. The molecular formula is C16H21N5O. The third kappa shape index (κ3) is 3.58. The van der Waals surface area contributed by atoms with Crippen LogP contribution in [-0.2, 0) is 11.3 Å². The number of aryl methyl sites for hydroxylation is 2. The van der Waals surface area contributed by atoms with Crippen molar-refractivity contribution in [3.63, 3.8) is 0 Å². The van der Waals surface area contributed by atoms with E-state index in [-0.39, 0.29) is 6.10 Å². The van der Waals surface area contributed by atoms with Gasteiger partial charge in [-0.05, 0) is 32.0 Å². The number of hydrogen-bond acceptors (Lipinski definition) is 6. The number of rotatable bonds is 3. The molecule has 0 unspecified atom stereocenters. The fourth-order valence-corrected chi connectivity index (χ4v) is 2.73. The van der Waals surface area contributed by atoms with E-state index in [0.717, 1.165) is 48.2 Å². The summed E-state index contributed by atoms with van der Waals surface area (Å²) >= 11 is 0. The Morgan fingerprint density at radius 3 is 2.95 bits per heavy atom. The van der Waals surface area contributed by atoms with E-state index in [1.54, 1.807) is 6.20 Å². The first-order chi connectivity index (χ1) is 10.6. The van der Waals surface area contributed by atoms with Crippen molar-refractivity contribution < 1.29 is 4.74 Å². The maximum Gasteiger partial charge on any atom is 0.125 e. The van der Waals surface area contributed by atoms with Crippen molar-refractivity contribution in [3.05, 3.63) is 47.3 Å². The van der Waals surface area contributed by atoms with Gasteiger partial charge in [0.1, 0.15) is 11.9 Å². The molecule has 6 heteroatoms. The summed E-state index contributed by atoms with van der Waals surface area (Å²) in [6.07, 6.45) is 1.76. The second-order valence-corrected chi connectivity index (χ2v) is 5.66. The summed E-state index contributed by atoms with van der Waals surface area (Å²) in [7, 11) is 0. The highest BCUT2D eigenvalue weighted by molar-refractivity contribution is 5.40. The molecule has 1 aliphatic rings. The van der Waals surface area contributed by atoms with Crippen LogP contribution in [0.2, 0.25) is 0 Å². The van der Waals surface area contributed by atoms with Crippen LogP contribution in [0.4, 0.5) is 5.69 Å². The fourth-order valence-electron chi connectivity index (χ4n) is 2.73. The van der Waals surface area contributed by atoms with Gasteiger partial charge in [0.15, 0.2) is 0 Å². The lowest BCUT2D eigenvalue weighted by atomic mass is 10.1. The average Bonchev–Trinajstić information content (AvgIpc) is 2.46. The van der Waals surface area contributed by atoms with Crippen LogP contribution in [0.1, 0.15) is 29.0 Å². The van der Waals surface area contributed by atoms with E-state index in [9.17, 15) is 0 Å². The topological polar surface area (TPSA) is 77.2 Å². The smallest absolute Gasteiger partial charge is 0.125 e. The summed E-state index contributed by atoms with van der Waals surface area (Å²) < 4.78 is 5.87. The number of nitrogen functional groups attached to an aromatic ring is 1. The Hall–Kier alpha value is -2.05. The van der Waals surface area contributed by atoms with Crippen molar-refractivity contribution in [2.24, 2.45) is 0 Å². The molecule has 0 bridgehead atoms. The van der Waals surface area contributed by atoms with Crippen LogP contribution in [0.15, 0.2) is 24.4 Å². The molecule has 1 atom stereocenters. The Labute approximate surface area is 130 Å². The van der Waals surface area contributed by atoms with Gasteiger partial charge < -0.3 is 10.5 Å². The maximum atomic E-state index is 5.91. The molecule has 3 rings (SSSR count). The number of ether oxygens (including phenoxy) is 1. The van der Waals surface area contributed by atoms with Gasteiger partial charge in [-0.3, -0.25) is 9.88 Å². The molecule has 0 radical (unpaired) electrons. The molecule has 2 N–H and O–H groups in total. The molecule has 22 heavy (non-hydrogen) atoms. The van der Waals surface area contributed by atoms with Crippen molar-refractivity contribution >= 4 is 5.69 Å². The van der Waals surface area contributed by atoms with E-state index < -0.39 is 0 Å². The van der Waals surface area contributed by atoms with Crippen LogP contribution >= 0.6 is 0 Å². The lowest BCUT2D eigenvalue weighted by Crippen LogP contribution is -2.38. The van der Waals surface area contributed by atoms with Gasteiger partial charge in [0.05, 0.1) is 18.0 Å². The van der Waals surface area contributed by atoms with Crippen LogP contribution in [0.5, 0.6) is 0 Å². The molecule has 0 aliphatic carbocycles. The van der Waals surface area contributed by atoms with E-state index in [1.807, 2.05) is 32.0 Å². The predicted octanol–water partition coefficient (Wildman–Crippen LogP) is 1.64. The zero-order valence-electron chi connectivity index (χ0n) is 13.0. The molecule has 6 nitrogen and oxygen atoms in total. The molecule has 1 saturated heterocycles. The van der Waals surface area contributed by atoms with Crippen molar-refractivity contribution in [3.8, 4) is 0 Å². The monoisotopic (exact) mass is 299 g/mol. The van der Waals surface area contributed by atoms with Gasteiger partial charge in [-0.25, -0.2) is 9.97 Å². The minimum atomic E-state index is -0.0427. The lowest BCUT2D eigenvalue weighted by molar-refractivity contribution is -0.0353. The average molecular weight is 299 g/mol. The van der Waals surface area contributed by atoms with Crippen LogP contribution < -0.4 is 5.73 Å².